The van der Waals surface area contributed by atoms with Crippen LogP contribution in [0.25, 0.3) is 0 Å². The molecule has 1 aromatic rings. The van der Waals surface area contributed by atoms with Crippen LogP contribution in [0.1, 0.15) is 36.7 Å². The van der Waals surface area contributed by atoms with Crippen LogP contribution in [0.15, 0.2) is 6.07 Å². The highest BCUT2D eigenvalue weighted by molar-refractivity contribution is 5.09. The van der Waals surface area contributed by atoms with Gasteiger partial charge in [-0.15, -0.1) is 0 Å². The number of aromatic nitrogens is 2. The molecule has 1 fully saturated rings. The van der Waals surface area contributed by atoms with E-state index < -0.39 is 24.2 Å². The van der Waals surface area contributed by atoms with Gasteiger partial charge in [0.05, 0.1) is 23.8 Å². The number of rotatable bonds is 1. The Morgan fingerprint density at radius 3 is 2.50 bits per heavy atom. The fourth-order valence-electron chi connectivity index (χ4n) is 2.76. The molecule has 3 unspecified atom stereocenters. The van der Waals surface area contributed by atoms with Crippen molar-refractivity contribution in [2.75, 3.05) is 0 Å². The van der Waals surface area contributed by atoms with Gasteiger partial charge in [0.1, 0.15) is 0 Å². The Morgan fingerprint density at radius 1 is 1.33 bits per heavy atom. The molecule has 0 radical (unpaired) electrons. The number of halogens is 3. The number of aliphatic hydroxyl groups is 1. The summed E-state index contributed by atoms with van der Waals surface area (Å²) in [5.74, 6) is -1.42. The molecule has 3 atom stereocenters. The molecule has 1 N–H and O–H groups in total. The van der Waals surface area contributed by atoms with Gasteiger partial charge in [-0.05, 0) is 39.2 Å². The van der Waals surface area contributed by atoms with Crippen molar-refractivity contribution >= 4 is 0 Å². The first-order valence-corrected chi connectivity index (χ1v) is 6.06. The minimum absolute atomic E-state index is 0.0340. The number of hydrogen-bond acceptors (Lipinski definition) is 2. The summed E-state index contributed by atoms with van der Waals surface area (Å²) in [6.45, 7) is 3.50. The van der Waals surface area contributed by atoms with Gasteiger partial charge in [-0.25, -0.2) is 0 Å². The Balaban J connectivity index is 2.34. The molecule has 0 saturated heterocycles. The number of nitrogens with zero attached hydrogens (tertiary/aromatic N) is 2. The Hall–Kier alpha value is -1.04. The molecule has 1 aliphatic rings. The lowest BCUT2D eigenvalue weighted by atomic mass is 9.82. The summed E-state index contributed by atoms with van der Waals surface area (Å²) in [4.78, 5) is 0. The van der Waals surface area contributed by atoms with E-state index in [1.54, 1.807) is 19.9 Å². The standard InChI is InChI=1S/C12H17F3N2O/c1-7-5-8(2)17(16-7)11-6-9(18)3-4-10(11)12(13,14)15/h5,9-11,18H,3-4,6H2,1-2H3. The van der Waals surface area contributed by atoms with E-state index in [0.717, 1.165) is 0 Å². The van der Waals surface area contributed by atoms with Crippen molar-refractivity contribution in [2.45, 2.75) is 51.4 Å². The van der Waals surface area contributed by atoms with Gasteiger partial charge in [0.2, 0.25) is 0 Å². The third kappa shape index (κ3) is 2.53. The minimum atomic E-state index is -4.24. The van der Waals surface area contributed by atoms with Crippen molar-refractivity contribution in [3.05, 3.63) is 17.5 Å². The molecule has 1 saturated carbocycles. The van der Waals surface area contributed by atoms with Gasteiger partial charge in [0, 0.05) is 5.69 Å². The van der Waals surface area contributed by atoms with Crippen LogP contribution in [0, 0.1) is 19.8 Å². The zero-order chi connectivity index (χ0) is 13.5. The molecule has 0 aliphatic heterocycles. The van der Waals surface area contributed by atoms with Crippen LogP contribution in [0.4, 0.5) is 13.2 Å². The summed E-state index contributed by atoms with van der Waals surface area (Å²) < 4.78 is 40.5. The van der Waals surface area contributed by atoms with Gasteiger partial charge in [-0.2, -0.15) is 18.3 Å². The predicted molar refractivity (Wildman–Crippen MR) is 60.1 cm³/mol. The van der Waals surface area contributed by atoms with Crippen LogP contribution in [0.5, 0.6) is 0 Å². The van der Waals surface area contributed by atoms with Crippen molar-refractivity contribution in [3.63, 3.8) is 0 Å². The SMILES string of the molecule is Cc1cc(C)n(C2CC(O)CCC2C(F)(F)F)n1. The predicted octanol–water partition coefficient (Wildman–Crippen LogP) is 2.76. The van der Waals surface area contributed by atoms with Gasteiger partial charge in [0.25, 0.3) is 0 Å². The normalized spacial score (nSPS) is 29.6. The van der Waals surface area contributed by atoms with Gasteiger partial charge in [-0.3, -0.25) is 4.68 Å². The van der Waals surface area contributed by atoms with Crippen molar-refractivity contribution in [1.82, 2.24) is 9.78 Å². The van der Waals surface area contributed by atoms with Crippen LogP contribution in [0.2, 0.25) is 0 Å². The fraction of sp³-hybridized carbons (Fsp3) is 0.750. The fourth-order valence-corrected chi connectivity index (χ4v) is 2.76. The smallest absolute Gasteiger partial charge is 0.393 e. The van der Waals surface area contributed by atoms with E-state index in [2.05, 4.69) is 5.10 Å². The summed E-state index contributed by atoms with van der Waals surface area (Å²) in [5, 5.41) is 13.8. The van der Waals surface area contributed by atoms with Crippen LogP contribution < -0.4 is 0 Å². The maximum atomic E-state index is 13.0. The molecule has 0 amide bonds. The molecule has 0 spiro atoms. The van der Waals surface area contributed by atoms with E-state index in [9.17, 15) is 18.3 Å². The number of alkyl halides is 3. The van der Waals surface area contributed by atoms with Crippen LogP contribution in [-0.2, 0) is 0 Å². The molecule has 1 aliphatic carbocycles. The minimum Gasteiger partial charge on any atom is -0.393 e. The van der Waals surface area contributed by atoms with Crippen molar-refractivity contribution < 1.29 is 18.3 Å². The number of aliphatic hydroxyl groups excluding tert-OH is 1. The summed E-state index contributed by atoms with van der Waals surface area (Å²) in [7, 11) is 0. The third-order valence-electron chi connectivity index (χ3n) is 3.57. The van der Waals surface area contributed by atoms with Crippen LogP contribution >= 0.6 is 0 Å². The van der Waals surface area contributed by atoms with E-state index >= 15 is 0 Å². The molecule has 0 bridgehead atoms. The zero-order valence-corrected chi connectivity index (χ0v) is 10.4. The Labute approximate surface area is 104 Å². The summed E-state index contributed by atoms with van der Waals surface area (Å²) in [5.41, 5.74) is 1.41. The second kappa shape index (κ2) is 4.57. The topological polar surface area (TPSA) is 38.0 Å². The maximum Gasteiger partial charge on any atom is 0.393 e. The van der Waals surface area contributed by atoms with E-state index in [0.29, 0.717) is 11.4 Å². The lowest BCUT2D eigenvalue weighted by Crippen LogP contribution is -2.39. The summed E-state index contributed by atoms with van der Waals surface area (Å²) in [6.07, 6.45) is -4.62. The van der Waals surface area contributed by atoms with Crippen molar-refractivity contribution in [1.29, 1.82) is 0 Å². The molecule has 3 nitrogen and oxygen atoms in total. The second-order valence-corrected chi connectivity index (χ2v) is 5.05. The van der Waals surface area contributed by atoms with E-state index in [1.165, 1.54) is 4.68 Å². The van der Waals surface area contributed by atoms with Crippen LogP contribution in [0.3, 0.4) is 0 Å². The highest BCUT2D eigenvalue weighted by atomic mass is 19.4. The first-order valence-electron chi connectivity index (χ1n) is 6.06. The van der Waals surface area contributed by atoms with Gasteiger partial charge in [0.15, 0.2) is 0 Å². The van der Waals surface area contributed by atoms with Crippen molar-refractivity contribution in [2.24, 2.45) is 5.92 Å². The largest absolute Gasteiger partial charge is 0.393 e. The lowest BCUT2D eigenvalue weighted by Gasteiger charge is -2.36. The molecule has 1 heterocycles. The average Bonchev–Trinajstić information content (AvgIpc) is 2.55. The average molecular weight is 262 g/mol. The van der Waals surface area contributed by atoms with Gasteiger partial charge in [-0.1, -0.05) is 0 Å². The molecule has 0 aromatic carbocycles. The molecule has 2 rings (SSSR count). The Kier molecular flexibility index (Phi) is 3.40. The quantitative estimate of drug-likeness (QED) is 0.845. The first kappa shape index (κ1) is 13.4. The first-order chi connectivity index (χ1) is 8.29. The molecule has 18 heavy (non-hydrogen) atoms. The molecule has 102 valence electrons. The highest BCUT2D eigenvalue weighted by Crippen LogP contribution is 2.44. The van der Waals surface area contributed by atoms with Crippen molar-refractivity contribution in [3.8, 4) is 0 Å². The molecule has 6 heteroatoms. The van der Waals surface area contributed by atoms with Crippen LogP contribution in [-0.4, -0.2) is 27.2 Å². The number of hydrogen-bond donors (Lipinski definition) is 1. The molecule has 1 aromatic heterocycles. The number of aryl methyl sites for hydroxylation is 2. The van der Waals surface area contributed by atoms with E-state index in [1.807, 2.05) is 0 Å². The van der Waals surface area contributed by atoms with Gasteiger partial charge >= 0.3 is 6.18 Å². The monoisotopic (exact) mass is 262 g/mol. The molecular weight excluding hydrogens is 245 g/mol. The Morgan fingerprint density at radius 2 is 2.00 bits per heavy atom. The summed E-state index contributed by atoms with van der Waals surface area (Å²) >= 11 is 0. The third-order valence-corrected chi connectivity index (χ3v) is 3.57. The second-order valence-electron chi connectivity index (χ2n) is 5.05. The zero-order valence-electron chi connectivity index (χ0n) is 10.4. The maximum absolute atomic E-state index is 13.0. The molecular formula is C12H17F3N2O. The lowest BCUT2D eigenvalue weighted by molar-refractivity contribution is -0.199. The van der Waals surface area contributed by atoms with Gasteiger partial charge < -0.3 is 5.11 Å². The highest BCUT2D eigenvalue weighted by Gasteiger charge is 2.48. The summed E-state index contributed by atoms with van der Waals surface area (Å²) in [6, 6.07) is 0.969. The Bertz CT molecular complexity index is 427. The van der Waals surface area contributed by atoms with E-state index in [4.69, 9.17) is 0 Å². The van der Waals surface area contributed by atoms with E-state index in [-0.39, 0.29) is 19.3 Å².